The molecule has 0 spiro atoms. The summed E-state index contributed by atoms with van der Waals surface area (Å²) >= 11 is 0. The Morgan fingerprint density at radius 3 is 2.69 bits per heavy atom. The van der Waals surface area contributed by atoms with Gasteiger partial charge in [0.15, 0.2) is 5.78 Å². The second kappa shape index (κ2) is 5.61. The van der Waals surface area contributed by atoms with Gasteiger partial charge in [-0.3, -0.25) is 9.78 Å². The number of hydrogen-bond acceptors (Lipinski definition) is 4. The molecule has 0 unspecified atom stereocenters. The van der Waals surface area contributed by atoms with Gasteiger partial charge >= 0.3 is 0 Å². The van der Waals surface area contributed by atoms with Crippen molar-refractivity contribution >= 4 is 5.78 Å². The van der Waals surface area contributed by atoms with E-state index in [1.165, 1.54) is 0 Å². The van der Waals surface area contributed by atoms with E-state index in [1.807, 2.05) is 20.9 Å². The van der Waals surface area contributed by atoms with E-state index in [0.717, 1.165) is 5.56 Å². The number of carbonyl (C=O) groups is 1. The Hall–Kier alpha value is -1.42. The third kappa shape index (κ3) is 2.58. The molecule has 1 heterocycles. The second-order valence-corrected chi connectivity index (χ2v) is 3.93. The third-order valence-electron chi connectivity index (χ3n) is 2.35. The predicted octanol–water partition coefficient (Wildman–Crippen LogP) is 1.65. The van der Waals surface area contributed by atoms with Crippen molar-refractivity contribution in [1.82, 2.24) is 10.3 Å². The topological polar surface area (TPSA) is 51.2 Å². The summed E-state index contributed by atoms with van der Waals surface area (Å²) in [6.07, 6.45) is 3.28. The van der Waals surface area contributed by atoms with E-state index in [4.69, 9.17) is 4.74 Å². The van der Waals surface area contributed by atoms with E-state index in [-0.39, 0.29) is 11.7 Å². The maximum atomic E-state index is 12.1. The number of ketones is 1. The first-order valence-electron chi connectivity index (χ1n) is 5.31. The zero-order chi connectivity index (χ0) is 12.1. The van der Waals surface area contributed by atoms with Gasteiger partial charge in [0.2, 0.25) is 0 Å². The van der Waals surface area contributed by atoms with E-state index in [0.29, 0.717) is 17.9 Å². The van der Waals surface area contributed by atoms with Crippen LogP contribution in [0.5, 0.6) is 5.75 Å². The minimum absolute atomic E-state index is 0.0492. The summed E-state index contributed by atoms with van der Waals surface area (Å²) in [5, 5.41) is 3.02. The van der Waals surface area contributed by atoms with Gasteiger partial charge in [-0.05, 0) is 12.6 Å². The van der Waals surface area contributed by atoms with E-state index in [2.05, 4.69) is 10.3 Å². The van der Waals surface area contributed by atoms with Gasteiger partial charge in [0.25, 0.3) is 0 Å². The number of methoxy groups -OCH3 is 1. The fourth-order valence-electron chi connectivity index (χ4n) is 1.53. The first-order chi connectivity index (χ1) is 7.61. The van der Waals surface area contributed by atoms with Gasteiger partial charge in [0, 0.05) is 18.7 Å². The molecule has 16 heavy (non-hydrogen) atoms. The Morgan fingerprint density at radius 2 is 2.19 bits per heavy atom. The monoisotopic (exact) mass is 222 g/mol. The molecule has 0 aromatic carbocycles. The standard InChI is InChI=1S/C12H18N2O2/c1-8(2)12(15)11-9(5-13-3)6-14-7-10(11)16-4/h6-8,13H,5H2,1-4H3. The number of Topliss-reactive ketones (excluding diaryl/α,β-unsaturated/α-hetero) is 1. The first kappa shape index (κ1) is 12.6. The number of nitrogens with zero attached hydrogens (tertiary/aromatic N) is 1. The molecule has 0 atom stereocenters. The maximum Gasteiger partial charge on any atom is 0.169 e. The highest BCUT2D eigenvalue weighted by Gasteiger charge is 2.19. The fraction of sp³-hybridized carbons (Fsp3) is 0.500. The van der Waals surface area contributed by atoms with Gasteiger partial charge in [0.1, 0.15) is 5.75 Å². The van der Waals surface area contributed by atoms with E-state index >= 15 is 0 Å². The summed E-state index contributed by atoms with van der Waals surface area (Å²) in [6, 6.07) is 0. The van der Waals surface area contributed by atoms with Crippen molar-refractivity contribution in [3.05, 3.63) is 23.5 Å². The summed E-state index contributed by atoms with van der Waals surface area (Å²) in [7, 11) is 3.39. The molecule has 0 aliphatic carbocycles. The number of aromatic nitrogens is 1. The van der Waals surface area contributed by atoms with Crippen molar-refractivity contribution in [3.63, 3.8) is 0 Å². The molecule has 0 bridgehead atoms. The summed E-state index contributed by atoms with van der Waals surface area (Å²) in [5.41, 5.74) is 1.52. The lowest BCUT2D eigenvalue weighted by molar-refractivity contribution is 0.0935. The van der Waals surface area contributed by atoms with Gasteiger partial charge in [-0.25, -0.2) is 0 Å². The lowest BCUT2D eigenvalue weighted by Crippen LogP contribution is -2.16. The average molecular weight is 222 g/mol. The molecular formula is C12H18N2O2. The Balaban J connectivity index is 3.24. The molecule has 4 nitrogen and oxygen atoms in total. The SMILES string of the molecule is CNCc1cncc(OC)c1C(=O)C(C)C. The Bertz CT molecular complexity index is 375. The first-order valence-corrected chi connectivity index (χ1v) is 5.31. The van der Waals surface area contributed by atoms with Crippen LogP contribution in [0.25, 0.3) is 0 Å². The number of rotatable bonds is 5. The van der Waals surface area contributed by atoms with Gasteiger partial charge in [-0.1, -0.05) is 13.8 Å². The molecule has 0 saturated heterocycles. The van der Waals surface area contributed by atoms with E-state index < -0.39 is 0 Å². The van der Waals surface area contributed by atoms with Gasteiger partial charge in [-0.2, -0.15) is 0 Å². The van der Waals surface area contributed by atoms with E-state index in [9.17, 15) is 4.79 Å². The zero-order valence-corrected chi connectivity index (χ0v) is 10.2. The van der Waals surface area contributed by atoms with Crippen molar-refractivity contribution in [3.8, 4) is 5.75 Å². The quantitative estimate of drug-likeness (QED) is 0.770. The fourth-order valence-corrected chi connectivity index (χ4v) is 1.53. The molecule has 1 aromatic rings. The molecule has 0 aliphatic heterocycles. The molecule has 0 saturated carbocycles. The van der Waals surface area contributed by atoms with Gasteiger partial charge in [0.05, 0.1) is 18.9 Å². The summed E-state index contributed by atoms with van der Waals surface area (Å²) in [6.45, 7) is 4.37. The van der Waals surface area contributed by atoms with Crippen LogP contribution < -0.4 is 10.1 Å². The molecule has 1 rings (SSSR count). The smallest absolute Gasteiger partial charge is 0.169 e. The van der Waals surface area contributed by atoms with Gasteiger partial charge in [-0.15, -0.1) is 0 Å². The van der Waals surface area contributed by atoms with Crippen LogP contribution in [0.2, 0.25) is 0 Å². The van der Waals surface area contributed by atoms with Crippen LogP contribution in [0.4, 0.5) is 0 Å². The molecule has 88 valence electrons. The van der Waals surface area contributed by atoms with Crippen LogP contribution in [-0.4, -0.2) is 24.9 Å². The highest BCUT2D eigenvalue weighted by atomic mass is 16.5. The summed E-state index contributed by atoms with van der Waals surface area (Å²) in [5.74, 6) is 0.586. The zero-order valence-electron chi connectivity index (χ0n) is 10.2. The molecule has 1 N–H and O–H groups in total. The second-order valence-electron chi connectivity index (χ2n) is 3.93. The molecule has 1 aromatic heterocycles. The Kier molecular flexibility index (Phi) is 4.43. The van der Waals surface area contributed by atoms with Crippen molar-refractivity contribution in [2.45, 2.75) is 20.4 Å². The lowest BCUT2D eigenvalue weighted by atomic mass is 9.97. The van der Waals surface area contributed by atoms with Gasteiger partial charge < -0.3 is 10.1 Å². The third-order valence-corrected chi connectivity index (χ3v) is 2.35. The normalized spacial score (nSPS) is 10.6. The Morgan fingerprint density at radius 1 is 1.50 bits per heavy atom. The summed E-state index contributed by atoms with van der Waals surface area (Å²) in [4.78, 5) is 16.1. The average Bonchev–Trinajstić information content (AvgIpc) is 2.28. The van der Waals surface area contributed by atoms with Crippen LogP contribution in [0.15, 0.2) is 12.4 Å². The number of ether oxygens (including phenoxy) is 1. The van der Waals surface area contributed by atoms with Crippen molar-refractivity contribution < 1.29 is 9.53 Å². The largest absolute Gasteiger partial charge is 0.494 e. The molecule has 0 radical (unpaired) electrons. The molecule has 0 fully saturated rings. The number of carbonyl (C=O) groups excluding carboxylic acids is 1. The number of nitrogens with one attached hydrogen (secondary N) is 1. The molecule has 4 heteroatoms. The number of pyridine rings is 1. The number of hydrogen-bond donors (Lipinski definition) is 1. The van der Waals surface area contributed by atoms with Crippen molar-refractivity contribution in [1.29, 1.82) is 0 Å². The van der Waals surface area contributed by atoms with Crippen LogP contribution in [0.1, 0.15) is 29.8 Å². The van der Waals surface area contributed by atoms with Crippen LogP contribution in [0.3, 0.4) is 0 Å². The highest BCUT2D eigenvalue weighted by molar-refractivity contribution is 6.01. The van der Waals surface area contributed by atoms with Crippen molar-refractivity contribution in [2.75, 3.05) is 14.2 Å². The maximum absolute atomic E-state index is 12.1. The Labute approximate surface area is 96.0 Å². The van der Waals surface area contributed by atoms with Crippen LogP contribution >= 0.6 is 0 Å². The van der Waals surface area contributed by atoms with Crippen molar-refractivity contribution in [2.24, 2.45) is 5.92 Å². The molecule has 0 aliphatic rings. The molecule has 0 amide bonds. The highest BCUT2D eigenvalue weighted by Crippen LogP contribution is 2.24. The predicted molar refractivity (Wildman–Crippen MR) is 62.7 cm³/mol. The van der Waals surface area contributed by atoms with E-state index in [1.54, 1.807) is 19.5 Å². The van der Waals surface area contributed by atoms with Crippen LogP contribution in [-0.2, 0) is 6.54 Å². The minimum atomic E-state index is -0.0492. The minimum Gasteiger partial charge on any atom is -0.494 e. The lowest BCUT2D eigenvalue weighted by Gasteiger charge is -2.13. The van der Waals surface area contributed by atoms with Crippen LogP contribution in [0, 0.1) is 5.92 Å². The summed E-state index contributed by atoms with van der Waals surface area (Å²) < 4.78 is 5.19. The molecular weight excluding hydrogens is 204 g/mol.